The Labute approximate surface area is 162 Å². The molecule has 0 radical (unpaired) electrons. The van der Waals surface area contributed by atoms with Crippen LogP contribution in [0.1, 0.15) is 29.6 Å². The van der Waals surface area contributed by atoms with Gasteiger partial charge in [-0.1, -0.05) is 0 Å². The Balaban J connectivity index is 1.48. The average Bonchev–Trinajstić information content (AvgIpc) is 3.11. The van der Waals surface area contributed by atoms with Gasteiger partial charge in [0.2, 0.25) is 0 Å². The van der Waals surface area contributed by atoms with E-state index in [1.807, 2.05) is 0 Å². The SMILES string of the molecule is COC(=O)c1cnn(CCOCCOCC[C@@H]2CCCN(CC(F)(F)F)C2)c1. The monoisotopic (exact) mass is 407 g/mol. The number of piperidine rings is 1. The van der Waals surface area contributed by atoms with Gasteiger partial charge in [-0.3, -0.25) is 9.58 Å². The van der Waals surface area contributed by atoms with E-state index >= 15 is 0 Å². The van der Waals surface area contributed by atoms with Gasteiger partial charge in [0, 0.05) is 19.3 Å². The molecule has 1 aromatic rings. The van der Waals surface area contributed by atoms with Crippen molar-refractivity contribution in [3.63, 3.8) is 0 Å². The summed E-state index contributed by atoms with van der Waals surface area (Å²) in [5.41, 5.74) is 0.391. The molecule has 1 aliphatic heterocycles. The number of carbonyl (C=O) groups is 1. The maximum atomic E-state index is 12.5. The number of rotatable bonds is 11. The number of likely N-dealkylation sites (tertiary alicyclic amines) is 1. The highest BCUT2D eigenvalue weighted by atomic mass is 19.4. The van der Waals surface area contributed by atoms with Crippen LogP contribution < -0.4 is 0 Å². The van der Waals surface area contributed by atoms with Gasteiger partial charge in [0.15, 0.2) is 0 Å². The number of esters is 1. The summed E-state index contributed by atoms with van der Waals surface area (Å²) < 4.78 is 54.6. The molecule has 1 aliphatic rings. The molecule has 2 rings (SSSR count). The lowest BCUT2D eigenvalue weighted by Gasteiger charge is -2.33. The van der Waals surface area contributed by atoms with Gasteiger partial charge in [-0.2, -0.15) is 18.3 Å². The van der Waals surface area contributed by atoms with E-state index in [2.05, 4.69) is 9.84 Å². The van der Waals surface area contributed by atoms with Crippen LogP contribution in [0.25, 0.3) is 0 Å². The molecule has 1 fully saturated rings. The van der Waals surface area contributed by atoms with Crippen LogP contribution in [0.4, 0.5) is 13.2 Å². The van der Waals surface area contributed by atoms with Gasteiger partial charge < -0.3 is 14.2 Å². The first-order valence-electron chi connectivity index (χ1n) is 9.43. The quantitative estimate of drug-likeness (QED) is 0.415. The number of aromatic nitrogens is 2. The van der Waals surface area contributed by atoms with Crippen molar-refractivity contribution in [1.29, 1.82) is 0 Å². The average molecular weight is 407 g/mol. The van der Waals surface area contributed by atoms with Gasteiger partial charge >= 0.3 is 12.1 Å². The van der Waals surface area contributed by atoms with Crippen LogP contribution in [0.3, 0.4) is 0 Å². The highest BCUT2D eigenvalue weighted by molar-refractivity contribution is 5.88. The van der Waals surface area contributed by atoms with E-state index in [9.17, 15) is 18.0 Å². The van der Waals surface area contributed by atoms with Crippen molar-refractivity contribution in [2.45, 2.75) is 32.0 Å². The first-order chi connectivity index (χ1) is 13.4. The molecule has 0 spiro atoms. The summed E-state index contributed by atoms with van der Waals surface area (Å²) in [6.07, 6.45) is 1.42. The molecule has 10 heteroatoms. The van der Waals surface area contributed by atoms with Crippen molar-refractivity contribution < 1.29 is 32.2 Å². The highest BCUT2D eigenvalue weighted by Crippen LogP contribution is 2.23. The third-order valence-electron chi connectivity index (χ3n) is 4.57. The summed E-state index contributed by atoms with van der Waals surface area (Å²) in [5.74, 6) is -0.180. The standard InChI is InChI=1S/C18H28F3N3O4/c1-26-17(25)16-11-22-24(13-16)6-8-28-10-9-27-7-4-15-3-2-5-23(12-15)14-18(19,20)21/h11,13,15H,2-10,12,14H2,1H3/t15-/m0/s1. The molecule has 0 unspecified atom stereocenters. The lowest BCUT2D eigenvalue weighted by molar-refractivity contribution is -0.149. The minimum absolute atomic E-state index is 0.251. The van der Waals surface area contributed by atoms with Crippen molar-refractivity contribution >= 4 is 5.97 Å². The zero-order valence-electron chi connectivity index (χ0n) is 16.1. The zero-order valence-corrected chi connectivity index (χ0v) is 16.1. The van der Waals surface area contributed by atoms with E-state index in [0.717, 1.165) is 19.3 Å². The molecule has 1 aromatic heterocycles. The second-order valence-corrected chi connectivity index (χ2v) is 6.86. The Bertz CT molecular complexity index is 595. The fourth-order valence-electron chi connectivity index (χ4n) is 3.22. The number of hydrogen-bond acceptors (Lipinski definition) is 6. The van der Waals surface area contributed by atoms with Gasteiger partial charge in [-0.05, 0) is 31.7 Å². The molecule has 160 valence electrons. The smallest absolute Gasteiger partial charge is 0.401 e. The summed E-state index contributed by atoms with van der Waals surface area (Å²) in [7, 11) is 1.32. The van der Waals surface area contributed by atoms with E-state index < -0.39 is 18.7 Å². The molecule has 0 amide bonds. The van der Waals surface area contributed by atoms with Crippen molar-refractivity contribution in [3.8, 4) is 0 Å². The first kappa shape index (κ1) is 22.6. The van der Waals surface area contributed by atoms with Crippen molar-refractivity contribution in [2.75, 3.05) is 53.2 Å². The number of halogens is 3. The number of alkyl halides is 3. The number of ether oxygens (including phenoxy) is 3. The highest BCUT2D eigenvalue weighted by Gasteiger charge is 2.32. The molecular formula is C18H28F3N3O4. The van der Waals surface area contributed by atoms with Crippen LogP contribution >= 0.6 is 0 Å². The maximum absolute atomic E-state index is 12.5. The summed E-state index contributed by atoms with van der Waals surface area (Å²) in [4.78, 5) is 12.8. The maximum Gasteiger partial charge on any atom is 0.401 e. The predicted octanol–water partition coefficient (Wildman–Crippen LogP) is 2.37. The van der Waals surface area contributed by atoms with Crippen molar-refractivity contribution in [2.24, 2.45) is 5.92 Å². The number of hydrogen-bond donors (Lipinski definition) is 0. The summed E-state index contributed by atoms with van der Waals surface area (Å²) in [5, 5.41) is 4.04. The Morgan fingerprint density at radius 1 is 1.25 bits per heavy atom. The number of methoxy groups -OCH3 is 1. The van der Waals surface area contributed by atoms with Crippen LogP contribution in [0, 0.1) is 5.92 Å². The topological polar surface area (TPSA) is 65.8 Å². The molecule has 7 nitrogen and oxygen atoms in total. The van der Waals surface area contributed by atoms with Gasteiger partial charge in [0.1, 0.15) is 0 Å². The van der Waals surface area contributed by atoms with Crippen molar-refractivity contribution in [1.82, 2.24) is 14.7 Å². The molecular weight excluding hydrogens is 379 g/mol. The number of carbonyl (C=O) groups excluding carboxylic acids is 1. The van der Waals surface area contributed by atoms with Crippen molar-refractivity contribution in [3.05, 3.63) is 18.0 Å². The summed E-state index contributed by atoms with van der Waals surface area (Å²) in [6.45, 7) is 2.50. The molecule has 0 N–H and O–H groups in total. The Kier molecular flexibility index (Phi) is 9.20. The van der Waals surface area contributed by atoms with E-state index in [0.29, 0.717) is 51.6 Å². The molecule has 1 saturated heterocycles. The molecule has 2 heterocycles. The van der Waals surface area contributed by atoms with E-state index in [-0.39, 0.29) is 5.92 Å². The zero-order chi connectivity index (χ0) is 20.4. The van der Waals surface area contributed by atoms with E-state index in [1.54, 1.807) is 10.9 Å². The van der Waals surface area contributed by atoms with Crippen LogP contribution in [0.15, 0.2) is 12.4 Å². The molecule has 0 aromatic carbocycles. The van der Waals surface area contributed by atoms with Gasteiger partial charge in [0.05, 0.1) is 51.8 Å². The first-order valence-corrected chi connectivity index (χ1v) is 9.43. The minimum Gasteiger partial charge on any atom is -0.465 e. The minimum atomic E-state index is -4.13. The summed E-state index contributed by atoms with van der Waals surface area (Å²) in [6, 6.07) is 0. The summed E-state index contributed by atoms with van der Waals surface area (Å²) >= 11 is 0. The fourth-order valence-corrected chi connectivity index (χ4v) is 3.22. The van der Waals surface area contributed by atoms with E-state index in [4.69, 9.17) is 9.47 Å². The van der Waals surface area contributed by atoms with E-state index in [1.165, 1.54) is 18.2 Å². The molecule has 1 atom stereocenters. The Morgan fingerprint density at radius 2 is 2.00 bits per heavy atom. The largest absolute Gasteiger partial charge is 0.465 e. The van der Waals surface area contributed by atoms with Crippen LogP contribution in [-0.2, 0) is 20.8 Å². The second-order valence-electron chi connectivity index (χ2n) is 6.86. The number of nitrogens with zero attached hydrogens (tertiary/aromatic N) is 3. The second kappa shape index (κ2) is 11.4. The lowest BCUT2D eigenvalue weighted by Crippen LogP contribution is -2.41. The van der Waals surface area contributed by atoms with Gasteiger partial charge in [-0.15, -0.1) is 0 Å². The molecule has 0 bridgehead atoms. The molecule has 0 aliphatic carbocycles. The molecule has 0 saturated carbocycles. The third kappa shape index (κ3) is 8.57. The normalized spacial score (nSPS) is 18.4. The lowest BCUT2D eigenvalue weighted by atomic mass is 9.95. The van der Waals surface area contributed by atoms with Crippen LogP contribution in [-0.4, -0.2) is 80.0 Å². The Morgan fingerprint density at radius 3 is 2.71 bits per heavy atom. The van der Waals surface area contributed by atoms with Gasteiger partial charge in [-0.25, -0.2) is 4.79 Å². The van der Waals surface area contributed by atoms with Gasteiger partial charge in [0.25, 0.3) is 0 Å². The fraction of sp³-hybridized carbons (Fsp3) is 0.778. The van der Waals surface area contributed by atoms with Crippen LogP contribution in [0.2, 0.25) is 0 Å². The van der Waals surface area contributed by atoms with Crippen LogP contribution in [0.5, 0.6) is 0 Å². The Hall–Kier alpha value is -1.65. The third-order valence-corrected chi connectivity index (χ3v) is 4.57. The molecule has 28 heavy (non-hydrogen) atoms. The predicted molar refractivity (Wildman–Crippen MR) is 95.0 cm³/mol.